The van der Waals surface area contributed by atoms with Gasteiger partial charge in [-0.15, -0.1) is 0 Å². The highest BCUT2D eigenvalue weighted by atomic mass is 16.1. The summed E-state index contributed by atoms with van der Waals surface area (Å²) >= 11 is 0. The molecule has 0 radical (unpaired) electrons. The molecule has 2 aromatic heterocycles. The lowest BCUT2D eigenvalue weighted by atomic mass is 10.1. The molecule has 0 saturated heterocycles. The second-order valence-corrected chi connectivity index (χ2v) is 4.23. The first kappa shape index (κ1) is 12.3. The van der Waals surface area contributed by atoms with Gasteiger partial charge in [-0.2, -0.15) is 10.2 Å². The van der Waals surface area contributed by atoms with Gasteiger partial charge in [-0.25, -0.2) is 0 Å². The number of nitrogens with zero attached hydrogens (tertiary/aromatic N) is 2. The zero-order valence-electron chi connectivity index (χ0n) is 10.4. The summed E-state index contributed by atoms with van der Waals surface area (Å²) in [7, 11) is 0. The second-order valence-electron chi connectivity index (χ2n) is 4.23. The number of H-pyrrole nitrogens is 2. The molecule has 0 unspecified atom stereocenters. The summed E-state index contributed by atoms with van der Waals surface area (Å²) in [5.74, 6) is 0.0168. The van der Waals surface area contributed by atoms with E-state index in [4.69, 9.17) is 0 Å². The Balaban J connectivity index is 1.63. The average Bonchev–Trinajstić information content (AvgIpc) is 2.97. The molecule has 1 amide bonds. The lowest BCUT2D eigenvalue weighted by Crippen LogP contribution is -2.26. The van der Waals surface area contributed by atoms with Crippen LogP contribution in [-0.2, 0) is 17.6 Å². The summed E-state index contributed by atoms with van der Waals surface area (Å²) in [6.07, 6.45) is 5.67. The first-order chi connectivity index (χ1) is 8.75. The zero-order chi connectivity index (χ0) is 12.8. The Bertz CT molecular complexity index is 488. The van der Waals surface area contributed by atoms with Crippen LogP contribution in [0.2, 0.25) is 0 Å². The highest BCUT2D eigenvalue weighted by molar-refractivity contribution is 5.77. The Morgan fingerprint density at radius 2 is 2.28 bits per heavy atom. The van der Waals surface area contributed by atoms with Crippen molar-refractivity contribution in [3.05, 3.63) is 35.4 Å². The fraction of sp³-hybridized carbons (Fsp3) is 0.417. The smallest absolute Gasteiger partial charge is 0.225 e. The summed E-state index contributed by atoms with van der Waals surface area (Å²) < 4.78 is 0. The standard InChI is InChI=1S/C12H17N5O/c1-9-10(8-15-16-9)3-2-5-13-12(18)7-11-4-6-14-17-11/h4,6,8H,2-3,5,7H2,1H3,(H,13,18)(H,14,17)(H,15,16). The highest BCUT2D eigenvalue weighted by Crippen LogP contribution is 2.05. The number of nitrogens with one attached hydrogen (secondary N) is 3. The van der Waals surface area contributed by atoms with Crippen LogP contribution in [-0.4, -0.2) is 32.8 Å². The number of hydrogen-bond donors (Lipinski definition) is 3. The summed E-state index contributed by atoms with van der Waals surface area (Å²) in [5, 5.41) is 16.3. The largest absolute Gasteiger partial charge is 0.356 e. The molecule has 0 fully saturated rings. The lowest BCUT2D eigenvalue weighted by molar-refractivity contribution is -0.120. The number of aromatic nitrogens is 4. The van der Waals surface area contributed by atoms with Gasteiger partial charge in [0.1, 0.15) is 0 Å². The van der Waals surface area contributed by atoms with E-state index in [0.717, 1.165) is 24.2 Å². The predicted octanol–water partition coefficient (Wildman–Crippen LogP) is 0.733. The normalized spacial score (nSPS) is 10.5. The minimum Gasteiger partial charge on any atom is -0.356 e. The summed E-state index contributed by atoms with van der Waals surface area (Å²) in [4.78, 5) is 11.6. The Kier molecular flexibility index (Phi) is 4.11. The maximum atomic E-state index is 11.6. The molecule has 0 spiro atoms. The van der Waals surface area contributed by atoms with Crippen molar-refractivity contribution in [3.63, 3.8) is 0 Å². The molecule has 3 N–H and O–H groups in total. The van der Waals surface area contributed by atoms with Gasteiger partial charge in [0.15, 0.2) is 0 Å². The van der Waals surface area contributed by atoms with Crippen LogP contribution in [0.1, 0.15) is 23.4 Å². The molecule has 2 heterocycles. The number of hydrogen-bond acceptors (Lipinski definition) is 3. The van der Waals surface area contributed by atoms with Gasteiger partial charge in [0.05, 0.1) is 12.6 Å². The monoisotopic (exact) mass is 247 g/mol. The van der Waals surface area contributed by atoms with Gasteiger partial charge in [-0.05, 0) is 31.4 Å². The van der Waals surface area contributed by atoms with Gasteiger partial charge >= 0.3 is 0 Å². The third kappa shape index (κ3) is 3.44. The fourth-order valence-electron chi connectivity index (χ4n) is 1.75. The van der Waals surface area contributed by atoms with Crippen LogP contribution in [0.5, 0.6) is 0 Å². The number of amides is 1. The van der Waals surface area contributed by atoms with E-state index in [1.165, 1.54) is 5.56 Å². The van der Waals surface area contributed by atoms with E-state index in [9.17, 15) is 4.79 Å². The molecule has 0 aliphatic rings. The first-order valence-corrected chi connectivity index (χ1v) is 5.99. The van der Waals surface area contributed by atoms with Gasteiger partial charge < -0.3 is 5.32 Å². The van der Waals surface area contributed by atoms with Gasteiger partial charge in [0, 0.05) is 24.1 Å². The van der Waals surface area contributed by atoms with Crippen LogP contribution in [0.15, 0.2) is 18.5 Å². The quantitative estimate of drug-likeness (QED) is 0.658. The molecule has 2 aromatic rings. The molecule has 0 bridgehead atoms. The third-order valence-electron chi connectivity index (χ3n) is 2.79. The molecule has 0 atom stereocenters. The molecular weight excluding hydrogens is 230 g/mol. The van der Waals surface area contributed by atoms with Gasteiger partial charge in [0.25, 0.3) is 0 Å². The van der Waals surface area contributed by atoms with Crippen molar-refractivity contribution < 1.29 is 4.79 Å². The fourth-order valence-corrected chi connectivity index (χ4v) is 1.75. The molecule has 6 heteroatoms. The highest BCUT2D eigenvalue weighted by Gasteiger charge is 2.04. The maximum Gasteiger partial charge on any atom is 0.225 e. The summed E-state index contributed by atoms with van der Waals surface area (Å²) in [6.45, 7) is 2.68. The van der Waals surface area contributed by atoms with Crippen molar-refractivity contribution in [2.24, 2.45) is 0 Å². The Labute approximate surface area is 105 Å². The van der Waals surface area contributed by atoms with Crippen molar-refractivity contribution in [1.82, 2.24) is 25.7 Å². The Hall–Kier alpha value is -2.11. The number of carbonyl (C=O) groups is 1. The van der Waals surface area contributed by atoms with E-state index in [1.54, 1.807) is 12.3 Å². The number of rotatable bonds is 6. The van der Waals surface area contributed by atoms with Crippen molar-refractivity contribution >= 4 is 5.91 Å². The van der Waals surface area contributed by atoms with E-state index in [2.05, 4.69) is 25.7 Å². The number of carbonyl (C=O) groups excluding carboxylic acids is 1. The van der Waals surface area contributed by atoms with Crippen LogP contribution in [0.25, 0.3) is 0 Å². The minimum atomic E-state index is 0.0168. The second kappa shape index (κ2) is 6.00. The molecule has 96 valence electrons. The molecule has 0 aliphatic carbocycles. The third-order valence-corrected chi connectivity index (χ3v) is 2.79. The van der Waals surface area contributed by atoms with Crippen LogP contribution < -0.4 is 5.32 Å². The van der Waals surface area contributed by atoms with Crippen LogP contribution >= 0.6 is 0 Å². The first-order valence-electron chi connectivity index (χ1n) is 5.99. The van der Waals surface area contributed by atoms with Crippen molar-refractivity contribution in [2.75, 3.05) is 6.54 Å². The summed E-state index contributed by atoms with van der Waals surface area (Å²) in [5.41, 5.74) is 3.13. The predicted molar refractivity (Wildman–Crippen MR) is 66.9 cm³/mol. The molecule has 0 saturated carbocycles. The molecule has 6 nitrogen and oxygen atoms in total. The Morgan fingerprint density at radius 3 is 2.94 bits per heavy atom. The lowest BCUT2D eigenvalue weighted by Gasteiger charge is -2.03. The summed E-state index contributed by atoms with van der Waals surface area (Å²) in [6, 6.07) is 1.80. The van der Waals surface area contributed by atoms with E-state index in [0.29, 0.717) is 13.0 Å². The molecule has 0 aliphatic heterocycles. The van der Waals surface area contributed by atoms with Gasteiger partial charge in [-0.3, -0.25) is 15.0 Å². The zero-order valence-corrected chi connectivity index (χ0v) is 10.4. The van der Waals surface area contributed by atoms with Crippen LogP contribution in [0, 0.1) is 6.92 Å². The molecule has 0 aromatic carbocycles. The van der Waals surface area contributed by atoms with Gasteiger partial charge in [-0.1, -0.05) is 0 Å². The van der Waals surface area contributed by atoms with E-state index in [1.807, 2.05) is 13.1 Å². The number of aryl methyl sites for hydroxylation is 2. The minimum absolute atomic E-state index is 0.0168. The van der Waals surface area contributed by atoms with Crippen molar-refractivity contribution in [1.29, 1.82) is 0 Å². The van der Waals surface area contributed by atoms with E-state index < -0.39 is 0 Å². The van der Waals surface area contributed by atoms with E-state index in [-0.39, 0.29) is 5.91 Å². The number of aromatic amines is 2. The van der Waals surface area contributed by atoms with Crippen LogP contribution in [0.3, 0.4) is 0 Å². The average molecular weight is 247 g/mol. The van der Waals surface area contributed by atoms with Gasteiger partial charge in [0.2, 0.25) is 5.91 Å². The van der Waals surface area contributed by atoms with Crippen molar-refractivity contribution in [2.45, 2.75) is 26.2 Å². The van der Waals surface area contributed by atoms with E-state index >= 15 is 0 Å². The molecule has 18 heavy (non-hydrogen) atoms. The Morgan fingerprint density at radius 1 is 1.39 bits per heavy atom. The van der Waals surface area contributed by atoms with Crippen molar-refractivity contribution in [3.8, 4) is 0 Å². The topological polar surface area (TPSA) is 86.5 Å². The van der Waals surface area contributed by atoms with Crippen LogP contribution in [0.4, 0.5) is 0 Å². The molecule has 2 rings (SSSR count). The molecular formula is C12H17N5O. The SMILES string of the molecule is Cc1[nH]ncc1CCCNC(=O)Cc1ccn[nH]1. The maximum absolute atomic E-state index is 11.6.